The summed E-state index contributed by atoms with van der Waals surface area (Å²) in [6, 6.07) is 9.31. The first-order valence-electron chi connectivity index (χ1n) is 16.6. The van der Waals surface area contributed by atoms with Gasteiger partial charge in [0.25, 0.3) is 0 Å². The molecule has 2 aromatic rings. The Labute approximate surface area is 251 Å². The van der Waals surface area contributed by atoms with Crippen molar-refractivity contribution in [1.29, 1.82) is 0 Å². The molecule has 0 saturated heterocycles. The van der Waals surface area contributed by atoms with Crippen LogP contribution in [0.15, 0.2) is 24.3 Å². The van der Waals surface area contributed by atoms with Crippen LogP contribution in [0.25, 0.3) is 0 Å². The van der Waals surface area contributed by atoms with E-state index in [2.05, 4.69) is 92.7 Å². The van der Waals surface area contributed by atoms with Crippen LogP contribution in [0.2, 0.25) is 18.1 Å². The highest BCUT2D eigenvalue weighted by molar-refractivity contribution is 6.74. The molecule has 2 heterocycles. The van der Waals surface area contributed by atoms with E-state index in [1.54, 1.807) is 0 Å². The zero-order valence-electron chi connectivity index (χ0n) is 27.7. The van der Waals surface area contributed by atoms with Crippen LogP contribution in [-0.4, -0.2) is 13.3 Å². The lowest BCUT2D eigenvalue weighted by Gasteiger charge is -2.51. The summed E-state index contributed by atoms with van der Waals surface area (Å²) in [6.45, 7) is 23.6. The Kier molecular flexibility index (Phi) is 7.04. The fourth-order valence-corrected chi connectivity index (χ4v) is 9.29. The molecule has 2 atom stereocenters. The molecule has 4 heteroatoms. The van der Waals surface area contributed by atoms with Gasteiger partial charge in [0.2, 0.25) is 0 Å². The Morgan fingerprint density at radius 3 is 2.05 bits per heavy atom. The number of hydrogen-bond donors (Lipinski definition) is 0. The summed E-state index contributed by atoms with van der Waals surface area (Å²) >= 11 is 0. The van der Waals surface area contributed by atoms with Crippen molar-refractivity contribution in [3.05, 3.63) is 63.5 Å². The maximum atomic E-state index is 7.47. The first-order chi connectivity index (χ1) is 19.1. The summed E-state index contributed by atoms with van der Waals surface area (Å²) in [5.74, 6) is 0.351. The molecule has 2 fully saturated rings. The monoisotopic (exact) mass is 573 g/mol. The van der Waals surface area contributed by atoms with Gasteiger partial charge in [-0.25, -0.2) is 0 Å². The number of benzene rings is 1. The third-order valence-electron chi connectivity index (χ3n) is 11.6. The second-order valence-electron chi connectivity index (χ2n) is 17.0. The average Bonchev–Trinajstić information content (AvgIpc) is 3.46. The van der Waals surface area contributed by atoms with E-state index >= 15 is 0 Å². The van der Waals surface area contributed by atoms with Gasteiger partial charge in [0.05, 0.1) is 11.7 Å². The van der Waals surface area contributed by atoms with Crippen molar-refractivity contribution < 1.29 is 9.16 Å². The molecule has 3 nitrogen and oxygen atoms in total. The summed E-state index contributed by atoms with van der Waals surface area (Å²) in [6.07, 6.45) is 11.0. The van der Waals surface area contributed by atoms with E-state index < -0.39 is 8.32 Å². The Bertz CT molecular complexity index is 1300. The predicted molar refractivity (Wildman–Crippen MR) is 172 cm³/mol. The van der Waals surface area contributed by atoms with Crippen molar-refractivity contribution >= 4 is 8.32 Å². The molecule has 6 rings (SSSR count). The van der Waals surface area contributed by atoms with E-state index in [4.69, 9.17) is 14.1 Å². The number of ether oxygens (including phenoxy) is 1. The molecule has 41 heavy (non-hydrogen) atoms. The van der Waals surface area contributed by atoms with Crippen LogP contribution in [-0.2, 0) is 26.6 Å². The summed E-state index contributed by atoms with van der Waals surface area (Å²) in [5.41, 5.74) is 9.91. The van der Waals surface area contributed by atoms with Gasteiger partial charge in [0.15, 0.2) is 8.32 Å². The van der Waals surface area contributed by atoms with Crippen molar-refractivity contribution in [1.82, 2.24) is 4.98 Å². The minimum atomic E-state index is -2.00. The Morgan fingerprint density at radius 2 is 1.54 bits per heavy atom. The maximum absolute atomic E-state index is 7.47. The SMILES string of the molecule is CC(C)c1nc2c(c3c1[C@@H](c1ccc(C(C)(C)C)cc1)OC31CCCC1)C(O[Si](C)(C)C(C)(C)C)CC1(CCC1)C2. The zero-order chi connectivity index (χ0) is 29.6. The van der Waals surface area contributed by atoms with E-state index in [1.165, 1.54) is 71.3 Å². The predicted octanol–water partition coefficient (Wildman–Crippen LogP) is 10.6. The second-order valence-corrected chi connectivity index (χ2v) is 21.7. The Morgan fingerprint density at radius 1 is 0.902 bits per heavy atom. The summed E-state index contributed by atoms with van der Waals surface area (Å²) < 4.78 is 14.9. The van der Waals surface area contributed by atoms with Gasteiger partial charge in [-0.15, -0.1) is 0 Å². The molecular weight excluding hydrogens is 518 g/mol. The van der Waals surface area contributed by atoms with Gasteiger partial charge in [-0.3, -0.25) is 4.98 Å². The van der Waals surface area contributed by atoms with Crippen LogP contribution in [0.5, 0.6) is 0 Å². The zero-order valence-corrected chi connectivity index (χ0v) is 28.7. The largest absolute Gasteiger partial charge is 0.410 e. The van der Waals surface area contributed by atoms with Crippen LogP contribution in [0, 0.1) is 5.41 Å². The summed E-state index contributed by atoms with van der Waals surface area (Å²) in [4.78, 5) is 5.65. The maximum Gasteiger partial charge on any atom is 0.192 e. The molecule has 1 aromatic carbocycles. The molecule has 0 amide bonds. The van der Waals surface area contributed by atoms with Crippen LogP contribution < -0.4 is 0 Å². The fraction of sp³-hybridized carbons (Fsp3) is 0.703. The first-order valence-corrected chi connectivity index (χ1v) is 19.5. The van der Waals surface area contributed by atoms with Crippen molar-refractivity contribution in [2.24, 2.45) is 5.41 Å². The number of rotatable bonds is 4. The van der Waals surface area contributed by atoms with E-state index in [9.17, 15) is 0 Å². The number of nitrogens with zero attached hydrogens (tertiary/aromatic N) is 1. The van der Waals surface area contributed by atoms with Gasteiger partial charge >= 0.3 is 0 Å². The molecule has 1 aromatic heterocycles. The molecular formula is C37H55NO2Si. The lowest BCUT2D eigenvalue weighted by atomic mass is 9.59. The molecule has 1 aliphatic heterocycles. The standard InChI is InChI=1S/C37H55NO2Si/c1-24(2)32-30-31(37(20-11-12-21-37)39-33(30)25-14-16-26(17-15-25)34(3,4)5)29-27(38-32)22-36(18-13-19-36)23-28(29)40-41(9,10)35(6,7)8/h14-17,24,28,33H,11-13,18-23H2,1-10H3/t28?,33-/m1/s1. The van der Waals surface area contributed by atoms with Gasteiger partial charge < -0.3 is 9.16 Å². The van der Waals surface area contributed by atoms with Crippen LogP contribution in [0.4, 0.5) is 0 Å². The van der Waals surface area contributed by atoms with Gasteiger partial charge in [-0.05, 0) is 90.1 Å². The van der Waals surface area contributed by atoms with Gasteiger partial charge in [-0.1, -0.05) is 98.9 Å². The molecule has 3 aliphatic carbocycles. The van der Waals surface area contributed by atoms with E-state index in [0.717, 1.165) is 25.7 Å². The number of fused-ring (bicyclic) bond motifs is 4. The third kappa shape index (κ3) is 4.88. The molecule has 4 aliphatic rings. The molecule has 2 spiro atoms. The lowest BCUT2D eigenvalue weighted by Crippen LogP contribution is -2.46. The molecule has 2 saturated carbocycles. The molecule has 0 bridgehead atoms. The molecule has 0 N–H and O–H groups in total. The minimum absolute atomic E-state index is 0.0552. The first kappa shape index (κ1) is 29.6. The third-order valence-corrected chi connectivity index (χ3v) is 16.1. The smallest absolute Gasteiger partial charge is 0.192 e. The number of pyridine rings is 1. The second kappa shape index (κ2) is 9.76. The van der Waals surface area contributed by atoms with E-state index in [-0.39, 0.29) is 28.3 Å². The van der Waals surface area contributed by atoms with E-state index in [0.29, 0.717) is 11.3 Å². The van der Waals surface area contributed by atoms with Gasteiger partial charge in [0.1, 0.15) is 6.10 Å². The normalized spacial score (nSPS) is 25.0. The average molecular weight is 574 g/mol. The van der Waals surface area contributed by atoms with Crippen molar-refractivity contribution in [3.8, 4) is 0 Å². The van der Waals surface area contributed by atoms with E-state index in [1.807, 2.05) is 0 Å². The topological polar surface area (TPSA) is 31.4 Å². The van der Waals surface area contributed by atoms with Gasteiger partial charge in [-0.2, -0.15) is 0 Å². The van der Waals surface area contributed by atoms with Crippen LogP contribution in [0.1, 0.15) is 164 Å². The Hall–Kier alpha value is -1.49. The van der Waals surface area contributed by atoms with Crippen molar-refractivity contribution in [2.45, 2.75) is 160 Å². The highest BCUT2D eigenvalue weighted by atomic mass is 28.4. The highest BCUT2D eigenvalue weighted by Gasteiger charge is 2.55. The number of hydrogen-bond acceptors (Lipinski definition) is 3. The highest BCUT2D eigenvalue weighted by Crippen LogP contribution is 2.62. The van der Waals surface area contributed by atoms with Gasteiger partial charge in [0, 0.05) is 22.5 Å². The lowest BCUT2D eigenvalue weighted by molar-refractivity contribution is -0.0584. The molecule has 0 radical (unpaired) electrons. The summed E-state index contributed by atoms with van der Waals surface area (Å²) in [5, 5.41) is 0.171. The van der Waals surface area contributed by atoms with Crippen LogP contribution >= 0.6 is 0 Å². The van der Waals surface area contributed by atoms with Crippen LogP contribution in [0.3, 0.4) is 0 Å². The minimum Gasteiger partial charge on any atom is -0.410 e. The fourth-order valence-electron chi connectivity index (χ4n) is 8.02. The van der Waals surface area contributed by atoms with Crippen molar-refractivity contribution in [2.75, 3.05) is 0 Å². The quantitative estimate of drug-likeness (QED) is 0.341. The molecule has 1 unspecified atom stereocenters. The Balaban J connectivity index is 1.57. The van der Waals surface area contributed by atoms with Crippen molar-refractivity contribution in [3.63, 3.8) is 0 Å². The molecule has 224 valence electrons. The summed E-state index contributed by atoms with van der Waals surface area (Å²) in [7, 11) is -2.00. The number of aromatic nitrogens is 1.